The molecule has 15 heavy (non-hydrogen) atoms. The minimum Gasteiger partial charge on any atom is -0.495 e. The van der Waals surface area contributed by atoms with Crippen LogP contribution in [0.3, 0.4) is 0 Å². The Bertz CT molecular complexity index is 468. The van der Waals surface area contributed by atoms with Gasteiger partial charge in [-0.1, -0.05) is 23.7 Å². The molecule has 0 heterocycles. The van der Waals surface area contributed by atoms with Gasteiger partial charge in [0.25, 0.3) is 0 Å². The molecule has 84 valence electrons. The van der Waals surface area contributed by atoms with Crippen molar-refractivity contribution in [1.29, 1.82) is 0 Å². The van der Waals surface area contributed by atoms with Gasteiger partial charge in [-0.05, 0) is 18.1 Å². The summed E-state index contributed by atoms with van der Waals surface area (Å²) in [7, 11) is 3.02. The molecule has 0 aromatic heterocycles. The Balaban J connectivity index is 3.22. The first-order valence-corrected chi connectivity index (χ1v) is 6.95. The van der Waals surface area contributed by atoms with E-state index in [0.29, 0.717) is 16.3 Å². The highest BCUT2D eigenvalue weighted by molar-refractivity contribution is 8.13. The van der Waals surface area contributed by atoms with Gasteiger partial charge in [0.05, 0.1) is 17.9 Å². The van der Waals surface area contributed by atoms with Crippen LogP contribution < -0.4 is 4.74 Å². The van der Waals surface area contributed by atoms with Gasteiger partial charge in [-0.15, -0.1) is 0 Å². The zero-order valence-corrected chi connectivity index (χ0v) is 10.6. The Morgan fingerprint density at radius 3 is 2.47 bits per heavy atom. The second kappa shape index (κ2) is 4.60. The van der Waals surface area contributed by atoms with Crippen molar-refractivity contribution < 1.29 is 13.2 Å². The second-order valence-corrected chi connectivity index (χ2v) is 6.23. The SMILES string of the molecule is COc1c(C)ccc(CS(=O)(=O)Cl)c1Cl. The van der Waals surface area contributed by atoms with E-state index in [-0.39, 0.29) is 5.75 Å². The average Bonchev–Trinajstić information content (AvgIpc) is 2.09. The number of hydrogen-bond donors (Lipinski definition) is 0. The fourth-order valence-corrected chi connectivity index (χ4v) is 2.64. The molecular weight excluding hydrogens is 259 g/mol. The van der Waals surface area contributed by atoms with Crippen molar-refractivity contribution in [2.24, 2.45) is 0 Å². The van der Waals surface area contributed by atoms with Gasteiger partial charge >= 0.3 is 0 Å². The van der Waals surface area contributed by atoms with E-state index in [1.54, 1.807) is 12.1 Å². The maximum absolute atomic E-state index is 10.9. The maximum Gasteiger partial charge on any atom is 0.236 e. The Hall–Kier alpha value is -0.450. The first kappa shape index (κ1) is 12.6. The van der Waals surface area contributed by atoms with Crippen molar-refractivity contribution in [3.63, 3.8) is 0 Å². The van der Waals surface area contributed by atoms with E-state index in [2.05, 4.69) is 0 Å². The lowest BCUT2D eigenvalue weighted by molar-refractivity contribution is 0.411. The monoisotopic (exact) mass is 268 g/mol. The molecule has 6 heteroatoms. The Morgan fingerprint density at radius 2 is 2.00 bits per heavy atom. The highest BCUT2D eigenvalue weighted by Crippen LogP contribution is 2.32. The lowest BCUT2D eigenvalue weighted by Crippen LogP contribution is -1.98. The summed E-state index contributed by atoms with van der Waals surface area (Å²) in [6.07, 6.45) is 0. The predicted octanol–water partition coefficient (Wildman–Crippen LogP) is 2.73. The molecule has 1 aromatic rings. The summed E-state index contributed by atoms with van der Waals surface area (Å²) in [6, 6.07) is 3.36. The molecule has 0 unspecified atom stereocenters. The Labute approximate surface area is 98.4 Å². The fraction of sp³-hybridized carbons (Fsp3) is 0.333. The maximum atomic E-state index is 10.9. The number of hydrogen-bond acceptors (Lipinski definition) is 3. The molecule has 0 spiro atoms. The van der Waals surface area contributed by atoms with E-state index in [4.69, 9.17) is 27.0 Å². The van der Waals surface area contributed by atoms with Crippen LogP contribution in [-0.2, 0) is 14.8 Å². The summed E-state index contributed by atoms with van der Waals surface area (Å²) in [4.78, 5) is 0. The Kier molecular flexibility index (Phi) is 3.87. The van der Waals surface area contributed by atoms with E-state index in [1.165, 1.54) is 7.11 Å². The van der Waals surface area contributed by atoms with Crippen molar-refractivity contribution in [2.75, 3.05) is 7.11 Å². The van der Waals surface area contributed by atoms with Gasteiger partial charge < -0.3 is 4.74 Å². The molecule has 1 aromatic carbocycles. The van der Waals surface area contributed by atoms with E-state index < -0.39 is 9.05 Å². The van der Waals surface area contributed by atoms with Crippen LogP contribution in [0, 0.1) is 6.92 Å². The molecule has 0 fully saturated rings. The first-order chi connectivity index (χ1) is 6.85. The van der Waals surface area contributed by atoms with Crippen molar-refractivity contribution in [3.05, 3.63) is 28.3 Å². The van der Waals surface area contributed by atoms with Crippen LogP contribution in [-0.4, -0.2) is 15.5 Å². The highest BCUT2D eigenvalue weighted by Gasteiger charge is 2.14. The molecule has 0 N–H and O–H groups in total. The lowest BCUT2D eigenvalue weighted by atomic mass is 10.1. The minimum atomic E-state index is -3.61. The molecule has 0 amide bonds. The Morgan fingerprint density at radius 1 is 1.40 bits per heavy atom. The van der Waals surface area contributed by atoms with Gasteiger partial charge in [-0.25, -0.2) is 8.42 Å². The van der Waals surface area contributed by atoms with Crippen LogP contribution in [0.25, 0.3) is 0 Å². The topological polar surface area (TPSA) is 43.4 Å². The fourth-order valence-electron chi connectivity index (χ4n) is 1.24. The third kappa shape index (κ3) is 3.26. The normalized spacial score (nSPS) is 11.5. The standard InChI is InChI=1S/C9H10Cl2O3S/c1-6-3-4-7(5-15(11,12)13)8(10)9(6)14-2/h3-4H,5H2,1-2H3. The van der Waals surface area contributed by atoms with Gasteiger partial charge in [0.2, 0.25) is 9.05 Å². The zero-order valence-electron chi connectivity index (χ0n) is 8.25. The van der Waals surface area contributed by atoms with Crippen molar-refractivity contribution in [1.82, 2.24) is 0 Å². The number of halogens is 2. The number of benzene rings is 1. The van der Waals surface area contributed by atoms with Gasteiger partial charge in [0, 0.05) is 10.7 Å². The second-order valence-electron chi connectivity index (χ2n) is 3.07. The lowest BCUT2D eigenvalue weighted by Gasteiger charge is -2.10. The predicted molar refractivity (Wildman–Crippen MR) is 61.2 cm³/mol. The third-order valence-corrected chi connectivity index (χ3v) is 3.30. The summed E-state index contributed by atoms with van der Waals surface area (Å²) in [5.74, 6) is 0.179. The van der Waals surface area contributed by atoms with Gasteiger partial charge in [-0.2, -0.15) is 0 Å². The molecule has 0 saturated heterocycles. The summed E-state index contributed by atoms with van der Waals surface area (Å²) in [6.45, 7) is 1.82. The van der Waals surface area contributed by atoms with Gasteiger partial charge in [0.1, 0.15) is 5.75 Å². The van der Waals surface area contributed by atoms with E-state index in [0.717, 1.165) is 5.56 Å². The van der Waals surface area contributed by atoms with Crippen LogP contribution in [0.15, 0.2) is 12.1 Å². The van der Waals surface area contributed by atoms with Crippen LogP contribution in [0.5, 0.6) is 5.75 Å². The van der Waals surface area contributed by atoms with E-state index in [9.17, 15) is 8.42 Å². The quantitative estimate of drug-likeness (QED) is 0.792. The van der Waals surface area contributed by atoms with Crippen LogP contribution in [0.2, 0.25) is 5.02 Å². The van der Waals surface area contributed by atoms with Crippen molar-refractivity contribution >= 4 is 31.3 Å². The third-order valence-electron chi connectivity index (χ3n) is 1.91. The summed E-state index contributed by atoms with van der Waals surface area (Å²) >= 11 is 5.97. The minimum absolute atomic E-state index is 0.293. The highest BCUT2D eigenvalue weighted by atomic mass is 35.7. The summed E-state index contributed by atoms with van der Waals surface area (Å²) < 4.78 is 26.9. The van der Waals surface area contributed by atoms with E-state index >= 15 is 0 Å². The van der Waals surface area contributed by atoms with Gasteiger partial charge in [0.15, 0.2) is 0 Å². The molecule has 0 radical (unpaired) electrons. The molecule has 0 bridgehead atoms. The molecule has 0 atom stereocenters. The van der Waals surface area contributed by atoms with Crippen LogP contribution in [0.4, 0.5) is 0 Å². The zero-order chi connectivity index (χ0) is 11.6. The molecule has 0 aliphatic carbocycles. The van der Waals surface area contributed by atoms with Crippen LogP contribution >= 0.6 is 22.3 Å². The number of rotatable bonds is 3. The first-order valence-electron chi connectivity index (χ1n) is 4.09. The molecule has 0 aliphatic heterocycles. The molecule has 0 saturated carbocycles. The van der Waals surface area contributed by atoms with Crippen LogP contribution in [0.1, 0.15) is 11.1 Å². The molecular formula is C9H10Cl2O3S. The molecule has 1 rings (SSSR count). The summed E-state index contributed by atoms with van der Waals surface area (Å²) in [5, 5.41) is 0.293. The van der Waals surface area contributed by atoms with Crippen molar-refractivity contribution in [3.8, 4) is 5.75 Å². The van der Waals surface area contributed by atoms with E-state index in [1.807, 2.05) is 6.92 Å². The molecule has 0 aliphatic rings. The number of aryl methyl sites for hydroxylation is 1. The largest absolute Gasteiger partial charge is 0.495 e. The smallest absolute Gasteiger partial charge is 0.236 e. The van der Waals surface area contributed by atoms with Crippen molar-refractivity contribution in [2.45, 2.75) is 12.7 Å². The van der Waals surface area contributed by atoms with Gasteiger partial charge in [-0.3, -0.25) is 0 Å². The number of methoxy groups -OCH3 is 1. The number of ether oxygens (including phenoxy) is 1. The average molecular weight is 269 g/mol. The molecule has 3 nitrogen and oxygen atoms in total. The summed E-state index contributed by atoms with van der Waals surface area (Å²) in [5.41, 5.74) is 1.28.